The van der Waals surface area contributed by atoms with Crippen LogP contribution in [-0.4, -0.2) is 38.0 Å². The van der Waals surface area contributed by atoms with E-state index < -0.39 is 0 Å². The van der Waals surface area contributed by atoms with Crippen LogP contribution in [0.5, 0.6) is 0 Å². The molecule has 1 fully saturated rings. The number of aromatic nitrogens is 3. The van der Waals surface area contributed by atoms with E-state index in [2.05, 4.69) is 34.5 Å². The van der Waals surface area contributed by atoms with E-state index >= 15 is 0 Å². The number of amidine groups is 1. The first-order valence-electron chi connectivity index (χ1n) is 5.45. The van der Waals surface area contributed by atoms with Crippen LogP contribution in [-0.2, 0) is 6.54 Å². The van der Waals surface area contributed by atoms with Crippen LogP contribution in [0, 0.1) is 0 Å². The Balaban J connectivity index is 1.70. The van der Waals surface area contributed by atoms with Crippen molar-refractivity contribution in [3.8, 4) is 0 Å². The van der Waals surface area contributed by atoms with Gasteiger partial charge in [0.15, 0.2) is 5.17 Å². The second-order valence-electron chi connectivity index (χ2n) is 4.50. The Morgan fingerprint density at radius 1 is 1.62 bits per heavy atom. The maximum absolute atomic E-state index is 4.53. The minimum Gasteiger partial charge on any atom is -0.359 e. The minimum absolute atomic E-state index is 0.190. The third kappa shape index (κ3) is 3.23. The largest absolute Gasteiger partial charge is 0.359 e. The highest BCUT2D eigenvalue weighted by atomic mass is 32.2. The van der Waals surface area contributed by atoms with Gasteiger partial charge in [-0.25, -0.2) is 0 Å². The standard InChI is InChI=1S/C10H17N5S/c1-10(2)8-16-9(13-10)11-4-3-6-15-7-5-12-14-15/h5,7H,3-4,6,8H2,1-2H3,(H,11,13). The molecular formula is C10H17N5S. The monoisotopic (exact) mass is 239 g/mol. The summed E-state index contributed by atoms with van der Waals surface area (Å²) in [6, 6.07) is 0. The molecule has 0 spiro atoms. The predicted molar refractivity (Wildman–Crippen MR) is 66.6 cm³/mol. The summed E-state index contributed by atoms with van der Waals surface area (Å²) in [7, 11) is 0. The molecule has 88 valence electrons. The van der Waals surface area contributed by atoms with E-state index in [9.17, 15) is 0 Å². The molecule has 6 heteroatoms. The fraction of sp³-hybridized carbons (Fsp3) is 0.700. The van der Waals surface area contributed by atoms with Crippen LogP contribution >= 0.6 is 11.8 Å². The molecule has 2 heterocycles. The van der Waals surface area contributed by atoms with Crippen molar-refractivity contribution in [3.05, 3.63) is 12.4 Å². The molecule has 5 nitrogen and oxygen atoms in total. The molecule has 0 aromatic carbocycles. The average molecular weight is 239 g/mol. The molecule has 0 saturated carbocycles. The molecular weight excluding hydrogens is 222 g/mol. The van der Waals surface area contributed by atoms with Crippen molar-refractivity contribution in [3.63, 3.8) is 0 Å². The lowest BCUT2D eigenvalue weighted by Crippen LogP contribution is -2.36. The summed E-state index contributed by atoms with van der Waals surface area (Å²) >= 11 is 1.80. The normalized spacial score (nSPS) is 21.2. The molecule has 0 unspecified atom stereocenters. The van der Waals surface area contributed by atoms with E-state index in [0.717, 1.165) is 30.4 Å². The molecule has 0 bridgehead atoms. The molecule has 0 radical (unpaired) electrons. The Hall–Kier alpha value is -1.04. The highest BCUT2D eigenvalue weighted by molar-refractivity contribution is 8.14. The Bertz CT molecular complexity index is 357. The van der Waals surface area contributed by atoms with Gasteiger partial charge in [-0.1, -0.05) is 17.0 Å². The van der Waals surface area contributed by atoms with Crippen molar-refractivity contribution in [1.29, 1.82) is 0 Å². The Labute approximate surface area is 99.7 Å². The van der Waals surface area contributed by atoms with Gasteiger partial charge in [0.05, 0.1) is 6.20 Å². The molecule has 16 heavy (non-hydrogen) atoms. The van der Waals surface area contributed by atoms with Gasteiger partial charge in [-0.15, -0.1) is 5.10 Å². The van der Waals surface area contributed by atoms with E-state index in [1.807, 2.05) is 10.9 Å². The van der Waals surface area contributed by atoms with E-state index in [1.165, 1.54) is 0 Å². The van der Waals surface area contributed by atoms with Crippen molar-refractivity contribution in [1.82, 2.24) is 20.3 Å². The van der Waals surface area contributed by atoms with Gasteiger partial charge < -0.3 is 5.32 Å². The second-order valence-corrected chi connectivity index (χ2v) is 5.47. The number of thioether (sulfide) groups is 1. The lowest BCUT2D eigenvalue weighted by molar-refractivity contribution is 0.534. The van der Waals surface area contributed by atoms with Gasteiger partial charge in [0.2, 0.25) is 0 Å². The molecule has 1 aromatic rings. The highest BCUT2D eigenvalue weighted by Crippen LogP contribution is 2.21. The van der Waals surface area contributed by atoms with Crippen LogP contribution in [0.15, 0.2) is 17.4 Å². The molecule has 0 aliphatic carbocycles. The van der Waals surface area contributed by atoms with Crippen LogP contribution < -0.4 is 5.32 Å². The van der Waals surface area contributed by atoms with Crippen molar-refractivity contribution < 1.29 is 0 Å². The van der Waals surface area contributed by atoms with Crippen molar-refractivity contribution >= 4 is 16.9 Å². The zero-order valence-electron chi connectivity index (χ0n) is 9.68. The Kier molecular flexibility index (Phi) is 3.48. The number of hydrogen-bond acceptors (Lipinski definition) is 4. The molecule has 2 rings (SSSR count). The van der Waals surface area contributed by atoms with E-state index in [-0.39, 0.29) is 5.54 Å². The Morgan fingerprint density at radius 2 is 2.50 bits per heavy atom. The van der Waals surface area contributed by atoms with Gasteiger partial charge in [0, 0.05) is 30.6 Å². The quantitative estimate of drug-likeness (QED) is 0.801. The first-order chi connectivity index (χ1) is 7.66. The third-order valence-electron chi connectivity index (χ3n) is 2.29. The van der Waals surface area contributed by atoms with E-state index in [0.29, 0.717) is 0 Å². The Morgan fingerprint density at radius 3 is 3.12 bits per heavy atom. The lowest BCUT2D eigenvalue weighted by Gasteiger charge is -2.15. The van der Waals surface area contributed by atoms with Crippen molar-refractivity contribution in [2.24, 2.45) is 4.99 Å². The SMILES string of the molecule is CC1(C)CSC(=NCCCn2ccnn2)N1. The van der Waals surface area contributed by atoms with Gasteiger partial charge in [-0.2, -0.15) is 0 Å². The molecule has 1 aromatic heterocycles. The second kappa shape index (κ2) is 4.86. The zero-order valence-corrected chi connectivity index (χ0v) is 10.5. The number of nitrogens with zero attached hydrogens (tertiary/aromatic N) is 4. The van der Waals surface area contributed by atoms with Crippen LogP contribution in [0.4, 0.5) is 0 Å². The predicted octanol–water partition coefficient (Wildman–Crippen LogP) is 1.14. The van der Waals surface area contributed by atoms with Crippen LogP contribution in [0.1, 0.15) is 20.3 Å². The highest BCUT2D eigenvalue weighted by Gasteiger charge is 2.26. The summed E-state index contributed by atoms with van der Waals surface area (Å²) in [5.74, 6) is 1.09. The zero-order chi connectivity index (χ0) is 11.4. The minimum atomic E-state index is 0.190. The van der Waals surface area contributed by atoms with Gasteiger partial charge >= 0.3 is 0 Å². The maximum atomic E-state index is 4.53. The average Bonchev–Trinajstić information content (AvgIpc) is 2.82. The summed E-state index contributed by atoms with van der Waals surface area (Å²) in [5.41, 5.74) is 0.190. The number of rotatable bonds is 4. The summed E-state index contributed by atoms with van der Waals surface area (Å²) in [6.45, 7) is 6.10. The number of nitrogens with one attached hydrogen (secondary N) is 1. The third-order valence-corrected chi connectivity index (χ3v) is 3.66. The van der Waals surface area contributed by atoms with Crippen LogP contribution in [0.2, 0.25) is 0 Å². The van der Waals surface area contributed by atoms with E-state index in [4.69, 9.17) is 0 Å². The van der Waals surface area contributed by atoms with Gasteiger partial charge in [0.1, 0.15) is 0 Å². The van der Waals surface area contributed by atoms with Crippen LogP contribution in [0.3, 0.4) is 0 Å². The number of aryl methyl sites for hydroxylation is 1. The smallest absolute Gasteiger partial charge is 0.157 e. The molecule has 1 aliphatic rings. The van der Waals surface area contributed by atoms with Crippen molar-refractivity contribution in [2.75, 3.05) is 12.3 Å². The lowest BCUT2D eigenvalue weighted by atomic mass is 10.1. The molecule has 1 saturated heterocycles. The summed E-state index contributed by atoms with van der Waals surface area (Å²) in [4.78, 5) is 4.53. The maximum Gasteiger partial charge on any atom is 0.157 e. The van der Waals surface area contributed by atoms with Gasteiger partial charge in [0.25, 0.3) is 0 Å². The molecule has 0 amide bonds. The summed E-state index contributed by atoms with van der Waals surface area (Å²) < 4.78 is 1.83. The van der Waals surface area contributed by atoms with E-state index in [1.54, 1.807) is 18.0 Å². The summed E-state index contributed by atoms with van der Waals surface area (Å²) in [6.07, 6.45) is 4.57. The first kappa shape index (κ1) is 11.4. The topological polar surface area (TPSA) is 55.1 Å². The fourth-order valence-electron chi connectivity index (χ4n) is 1.46. The molecule has 1 N–H and O–H groups in total. The molecule has 1 aliphatic heterocycles. The van der Waals surface area contributed by atoms with Crippen LogP contribution in [0.25, 0.3) is 0 Å². The number of hydrogen-bond donors (Lipinski definition) is 1. The van der Waals surface area contributed by atoms with Gasteiger partial charge in [-0.05, 0) is 20.3 Å². The fourth-order valence-corrected chi connectivity index (χ4v) is 2.56. The summed E-state index contributed by atoms with van der Waals surface area (Å²) in [5, 5.41) is 12.1. The first-order valence-corrected chi connectivity index (χ1v) is 6.44. The van der Waals surface area contributed by atoms with Gasteiger partial charge in [-0.3, -0.25) is 9.67 Å². The molecule has 0 atom stereocenters. The number of aliphatic imine (C=N–C) groups is 1. The van der Waals surface area contributed by atoms with Crippen molar-refractivity contribution in [2.45, 2.75) is 32.4 Å².